The first-order chi connectivity index (χ1) is 14.3. The smallest absolute Gasteiger partial charge is 0.252 e. The molecule has 0 unspecified atom stereocenters. The summed E-state index contributed by atoms with van der Waals surface area (Å²) in [6, 6.07) is 9.89. The summed E-state index contributed by atoms with van der Waals surface area (Å²) >= 11 is 0. The second kappa shape index (κ2) is 9.07. The van der Waals surface area contributed by atoms with Gasteiger partial charge >= 0.3 is 0 Å². The van der Waals surface area contributed by atoms with Gasteiger partial charge in [0.2, 0.25) is 5.91 Å². The van der Waals surface area contributed by atoms with Gasteiger partial charge in [-0.1, -0.05) is 29.8 Å². The van der Waals surface area contributed by atoms with Gasteiger partial charge in [-0.05, 0) is 40.7 Å². The number of aryl methyl sites for hydroxylation is 1. The Hall–Kier alpha value is -3.22. The Morgan fingerprint density at radius 1 is 1.13 bits per heavy atom. The molecule has 3 aromatic rings. The molecule has 158 valence electrons. The molecule has 2 amide bonds. The summed E-state index contributed by atoms with van der Waals surface area (Å²) in [4.78, 5) is 31.8. The van der Waals surface area contributed by atoms with Crippen LogP contribution < -0.4 is 5.32 Å². The molecule has 7 nitrogen and oxygen atoms in total. The van der Waals surface area contributed by atoms with Crippen molar-refractivity contribution >= 4 is 22.8 Å². The molecule has 7 heteroatoms. The molecule has 0 spiro atoms. The van der Waals surface area contributed by atoms with Gasteiger partial charge in [0.15, 0.2) is 5.65 Å². The molecule has 1 aromatic carbocycles. The molecule has 2 aromatic heterocycles. The van der Waals surface area contributed by atoms with E-state index in [2.05, 4.69) is 10.4 Å². The minimum absolute atomic E-state index is 0.0392. The molecule has 1 N–H and O–H groups in total. The van der Waals surface area contributed by atoms with Crippen LogP contribution in [0.25, 0.3) is 22.3 Å². The van der Waals surface area contributed by atoms with Crippen LogP contribution in [-0.2, 0) is 4.79 Å². The van der Waals surface area contributed by atoms with E-state index in [-0.39, 0.29) is 24.4 Å². The van der Waals surface area contributed by atoms with Crippen LogP contribution in [0.1, 0.15) is 49.7 Å². The molecule has 0 aliphatic heterocycles. The summed E-state index contributed by atoms with van der Waals surface area (Å²) in [6.45, 7) is 11.1. The number of rotatable bonds is 7. The highest BCUT2D eigenvalue weighted by Crippen LogP contribution is 2.26. The van der Waals surface area contributed by atoms with Gasteiger partial charge in [0.05, 0.1) is 29.4 Å². The maximum atomic E-state index is 13.0. The van der Waals surface area contributed by atoms with Crippen molar-refractivity contribution in [1.29, 1.82) is 0 Å². The van der Waals surface area contributed by atoms with E-state index in [1.165, 1.54) is 0 Å². The fourth-order valence-electron chi connectivity index (χ4n) is 3.40. The van der Waals surface area contributed by atoms with Crippen LogP contribution in [0.3, 0.4) is 0 Å². The van der Waals surface area contributed by atoms with Crippen molar-refractivity contribution in [3.63, 3.8) is 0 Å². The number of pyridine rings is 1. The molecule has 30 heavy (non-hydrogen) atoms. The van der Waals surface area contributed by atoms with Crippen LogP contribution in [0.5, 0.6) is 0 Å². The fourth-order valence-corrected chi connectivity index (χ4v) is 3.40. The largest absolute Gasteiger partial charge is 0.343 e. The number of hydrogen-bond acceptors (Lipinski definition) is 4. The van der Waals surface area contributed by atoms with Gasteiger partial charge in [0.25, 0.3) is 5.91 Å². The number of benzene rings is 1. The molecule has 0 saturated heterocycles. The highest BCUT2D eigenvalue weighted by molar-refractivity contribution is 6.07. The molecule has 0 radical (unpaired) electrons. The number of nitrogens with zero attached hydrogens (tertiary/aromatic N) is 4. The zero-order chi connectivity index (χ0) is 21.8. The first-order valence-electron chi connectivity index (χ1n) is 10.4. The third-order valence-corrected chi connectivity index (χ3v) is 5.16. The van der Waals surface area contributed by atoms with Gasteiger partial charge in [-0.15, -0.1) is 0 Å². The topological polar surface area (TPSA) is 80.1 Å². The van der Waals surface area contributed by atoms with Gasteiger partial charge in [0.1, 0.15) is 0 Å². The normalized spacial score (nSPS) is 11.1. The number of hydrogen-bond donors (Lipinski definition) is 1. The average Bonchev–Trinajstić information content (AvgIpc) is 3.17. The van der Waals surface area contributed by atoms with Crippen LogP contribution in [0, 0.1) is 6.92 Å². The maximum Gasteiger partial charge on any atom is 0.252 e. The van der Waals surface area contributed by atoms with Gasteiger partial charge in [0, 0.05) is 24.7 Å². The second-order valence-electron chi connectivity index (χ2n) is 7.59. The van der Waals surface area contributed by atoms with E-state index in [0.29, 0.717) is 35.4 Å². The van der Waals surface area contributed by atoms with Crippen molar-refractivity contribution in [2.45, 2.75) is 40.7 Å². The van der Waals surface area contributed by atoms with Gasteiger partial charge in [-0.2, -0.15) is 5.10 Å². The zero-order valence-electron chi connectivity index (χ0n) is 18.3. The summed E-state index contributed by atoms with van der Waals surface area (Å²) in [5.74, 6) is -0.408. The molecular formula is C23H29N5O2. The van der Waals surface area contributed by atoms with Crippen molar-refractivity contribution in [1.82, 2.24) is 25.0 Å². The van der Waals surface area contributed by atoms with Gasteiger partial charge in [-0.25, -0.2) is 9.67 Å². The van der Waals surface area contributed by atoms with Crippen LogP contribution >= 0.6 is 0 Å². The van der Waals surface area contributed by atoms with Crippen molar-refractivity contribution in [3.05, 3.63) is 47.7 Å². The van der Waals surface area contributed by atoms with Crippen LogP contribution in [0.4, 0.5) is 0 Å². The first-order valence-corrected chi connectivity index (χ1v) is 10.4. The highest BCUT2D eigenvalue weighted by Gasteiger charge is 2.19. The van der Waals surface area contributed by atoms with E-state index < -0.39 is 0 Å². The summed E-state index contributed by atoms with van der Waals surface area (Å²) in [5, 5.41) is 7.88. The number of carbonyl (C=O) groups is 2. The summed E-state index contributed by atoms with van der Waals surface area (Å²) in [5.41, 5.74) is 3.90. The third kappa shape index (κ3) is 4.35. The number of aromatic nitrogens is 3. The monoisotopic (exact) mass is 407 g/mol. The molecule has 0 fully saturated rings. The predicted molar refractivity (Wildman–Crippen MR) is 118 cm³/mol. The lowest BCUT2D eigenvalue weighted by Crippen LogP contribution is -2.40. The van der Waals surface area contributed by atoms with E-state index in [4.69, 9.17) is 4.98 Å². The Bertz CT molecular complexity index is 1050. The predicted octanol–water partition coefficient (Wildman–Crippen LogP) is 3.59. The van der Waals surface area contributed by atoms with Crippen LogP contribution in [-0.4, -0.2) is 51.1 Å². The second-order valence-corrected chi connectivity index (χ2v) is 7.59. The quantitative estimate of drug-likeness (QED) is 0.649. The molecule has 2 heterocycles. The van der Waals surface area contributed by atoms with Crippen molar-refractivity contribution in [3.8, 4) is 11.3 Å². The van der Waals surface area contributed by atoms with Crippen molar-refractivity contribution < 1.29 is 9.59 Å². The molecule has 0 aliphatic carbocycles. The Balaban J connectivity index is 2.01. The highest BCUT2D eigenvalue weighted by atomic mass is 16.2. The number of amides is 2. The summed E-state index contributed by atoms with van der Waals surface area (Å²) in [7, 11) is 0. The third-order valence-electron chi connectivity index (χ3n) is 5.16. The average molecular weight is 408 g/mol. The van der Waals surface area contributed by atoms with Gasteiger partial charge in [-0.3, -0.25) is 9.59 Å². The van der Waals surface area contributed by atoms with Crippen molar-refractivity contribution in [2.24, 2.45) is 0 Å². The molecule has 0 atom stereocenters. The fraction of sp³-hybridized carbons (Fsp3) is 0.391. The van der Waals surface area contributed by atoms with Gasteiger partial charge < -0.3 is 10.2 Å². The minimum Gasteiger partial charge on any atom is -0.343 e. The molecule has 0 aliphatic rings. The number of carbonyl (C=O) groups excluding carboxylic acids is 2. The standard InChI is InChI=1S/C23H29N5O2/c1-6-27(7-2)21(29)14-24-23(30)18-12-20(17-10-8-16(5)9-11-17)26-22-19(18)13-25-28(22)15(3)4/h8-13,15H,6-7,14H2,1-5H3,(H,24,30). The van der Waals surface area contributed by atoms with Crippen LogP contribution in [0.2, 0.25) is 0 Å². The van der Waals surface area contributed by atoms with E-state index in [1.807, 2.05) is 63.6 Å². The zero-order valence-corrected chi connectivity index (χ0v) is 18.3. The summed E-state index contributed by atoms with van der Waals surface area (Å²) in [6.07, 6.45) is 1.67. The van der Waals surface area contributed by atoms with E-state index in [1.54, 1.807) is 17.2 Å². The number of fused-ring (bicyclic) bond motifs is 1. The SMILES string of the molecule is CCN(CC)C(=O)CNC(=O)c1cc(-c2ccc(C)cc2)nc2c1cnn2C(C)C. The molecule has 3 rings (SSSR count). The Morgan fingerprint density at radius 3 is 2.40 bits per heavy atom. The Kier molecular flexibility index (Phi) is 6.50. The molecule has 0 saturated carbocycles. The van der Waals surface area contributed by atoms with E-state index >= 15 is 0 Å². The number of nitrogens with one attached hydrogen (secondary N) is 1. The Morgan fingerprint density at radius 2 is 1.80 bits per heavy atom. The van der Waals surface area contributed by atoms with E-state index in [9.17, 15) is 9.59 Å². The lowest BCUT2D eigenvalue weighted by molar-refractivity contribution is -0.129. The minimum atomic E-state index is -0.306. The first kappa shape index (κ1) is 21.5. The van der Waals surface area contributed by atoms with Crippen LogP contribution in [0.15, 0.2) is 36.5 Å². The molecular weight excluding hydrogens is 378 g/mol. The lowest BCUT2D eigenvalue weighted by Gasteiger charge is -2.18. The molecule has 0 bridgehead atoms. The van der Waals surface area contributed by atoms with E-state index in [0.717, 1.165) is 11.1 Å². The number of likely N-dealkylation sites (N-methyl/N-ethyl adjacent to an activating group) is 1. The maximum absolute atomic E-state index is 13.0. The lowest BCUT2D eigenvalue weighted by atomic mass is 10.1. The Labute approximate surface area is 177 Å². The van der Waals surface area contributed by atoms with Crippen molar-refractivity contribution in [2.75, 3.05) is 19.6 Å². The summed E-state index contributed by atoms with van der Waals surface area (Å²) < 4.78 is 1.81.